The van der Waals surface area contributed by atoms with Gasteiger partial charge in [0.05, 0.1) is 50.9 Å². The summed E-state index contributed by atoms with van der Waals surface area (Å²) in [5.74, 6) is -2.25. The average Bonchev–Trinajstić information content (AvgIpc) is 0.824. The summed E-state index contributed by atoms with van der Waals surface area (Å²) in [5.41, 5.74) is 21.9. The van der Waals surface area contributed by atoms with Gasteiger partial charge in [0.2, 0.25) is 0 Å². The standard InChI is InChI=1S/C16H13N.C15H12N2.C15H11N.C14H10N2.C12H9F2N.C12H8F2.C12H11N.C11H9N/c1-12-6-8-14(9-7-12)16-15-5-3-2-4-13(15)10-11-17-16;1-11-6-8-12(9-7-11)15-13-4-2-3-5-14(13)16-10-17-15;1-2-7-13(8-3-1)15-14-9-5-4-6-12(14)10-11-16-15;1-2-6-11(7-3-1)14-12-8-4-5-9-13(12)15-10-16-14;1-8-4-5-15-12(6-8)10-3-2-9(13)7-11(10)14;13-10-6-7-11(12(14)8-10)9-4-2-1-3-5-9;1-10-7-8-13-12(9-10)11-5-3-2-4-6-11;1-2-6-10(7-3-1)11-8-4-5-9-12-11/h2-11H,1H3;2-10H,1H3;1-11H;1-10H;2-7H,1H3;1-8H;2-9H,1H3;1-9H. The van der Waals surface area contributed by atoms with Crippen molar-refractivity contribution in [3.63, 3.8) is 0 Å². The van der Waals surface area contributed by atoms with Crippen molar-refractivity contribution in [1.29, 1.82) is 0 Å². The van der Waals surface area contributed by atoms with Crippen LogP contribution in [-0.2, 0) is 0 Å². The summed E-state index contributed by atoms with van der Waals surface area (Å²) in [6.07, 6.45) is 12.2. The molecule has 9 nitrogen and oxygen atoms in total. The molecule has 0 unspecified atom stereocenters. The first-order chi connectivity index (χ1) is 58.8. The predicted molar refractivity (Wildman–Crippen MR) is 484 cm³/mol. The van der Waals surface area contributed by atoms with Crippen LogP contribution >= 0.6 is 0 Å². The fourth-order valence-corrected chi connectivity index (χ4v) is 13.0. The highest BCUT2D eigenvalue weighted by Crippen LogP contribution is 2.31. The maximum atomic E-state index is 13.4. The molecule has 584 valence electrons. The molecule has 7 heterocycles. The minimum Gasteiger partial charge on any atom is -0.256 e. The second kappa shape index (κ2) is 42.2. The summed E-state index contributed by atoms with van der Waals surface area (Å²) in [5, 5.41) is 7.07. The van der Waals surface area contributed by atoms with Crippen LogP contribution in [0.2, 0.25) is 0 Å². The Bertz CT molecular complexity index is 6330. The van der Waals surface area contributed by atoms with E-state index in [0.29, 0.717) is 16.8 Å². The van der Waals surface area contributed by atoms with E-state index in [-0.39, 0.29) is 0 Å². The Hall–Kier alpha value is -15.5. The van der Waals surface area contributed by atoms with Crippen LogP contribution in [0.3, 0.4) is 0 Å². The van der Waals surface area contributed by atoms with Crippen LogP contribution in [0.5, 0.6) is 0 Å². The maximum absolute atomic E-state index is 13.4. The summed E-state index contributed by atoms with van der Waals surface area (Å²) in [4.78, 5) is 38.9. The lowest BCUT2D eigenvalue weighted by molar-refractivity contribution is 0.584. The second-order valence-electron chi connectivity index (χ2n) is 27.7. The predicted octanol–water partition coefficient (Wildman–Crippen LogP) is 27.8. The van der Waals surface area contributed by atoms with Crippen molar-refractivity contribution in [2.45, 2.75) is 27.7 Å². The van der Waals surface area contributed by atoms with Crippen LogP contribution in [0.4, 0.5) is 17.6 Å². The van der Waals surface area contributed by atoms with Gasteiger partial charge < -0.3 is 0 Å². The number of fused-ring (bicyclic) bond motifs is 4. The van der Waals surface area contributed by atoms with Gasteiger partial charge in [-0.1, -0.05) is 302 Å². The van der Waals surface area contributed by atoms with E-state index < -0.39 is 23.3 Å². The van der Waals surface area contributed by atoms with Gasteiger partial charge in [0.1, 0.15) is 35.9 Å². The first kappa shape index (κ1) is 82.5. The zero-order valence-corrected chi connectivity index (χ0v) is 66.5. The highest BCUT2D eigenvalue weighted by molar-refractivity contribution is 5.96. The lowest BCUT2D eigenvalue weighted by Crippen LogP contribution is -1.89. The number of nitrogens with zero attached hydrogens (tertiary/aromatic N) is 9. The average molecular weight is 1570 g/mol. The smallest absolute Gasteiger partial charge is 0.135 e. The lowest BCUT2D eigenvalue weighted by atomic mass is 10.0. The number of hydrogen-bond acceptors (Lipinski definition) is 9. The van der Waals surface area contributed by atoms with Gasteiger partial charge in [-0.2, -0.15) is 0 Å². The summed E-state index contributed by atoms with van der Waals surface area (Å²) >= 11 is 0. The van der Waals surface area contributed by atoms with Gasteiger partial charge in [-0.05, 0) is 140 Å². The Morgan fingerprint density at radius 3 is 0.950 bits per heavy atom. The molecule has 0 radical (unpaired) electrons. The highest BCUT2D eigenvalue weighted by Gasteiger charge is 2.12. The number of para-hydroxylation sites is 2. The normalized spacial score (nSPS) is 10.3. The molecular formula is C107H83F4N9. The Morgan fingerprint density at radius 2 is 0.525 bits per heavy atom. The number of pyridine rings is 5. The van der Waals surface area contributed by atoms with Crippen molar-refractivity contribution in [2.75, 3.05) is 0 Å². The lowest BCUT2D eigenvalue weighted by Gasteiger charge is -2.05. The van der Waals surface area contributed by atoms with Crippen molar-refractivity contribution in [1.82, 2.24) is 44.9 Å². The van der Waals surface area contributed by atoms with Crippen LogP contribution in [0.25, 0.3) is 133 Å². The van der Waals surface area contributed by atoms with E-state index in [9.17, 15) is 17.6 Å². The van der Waals surface area contributed by atoms with Crippen LogP contribution in [0.15, 0.2) is 432 Å². The molecule has 0 bridgehead atoms. The van der Waals surface area contributed by atoms with Crippen LogP contribution < -0.4 is 0 Å². The van der Waals surface area contributed by atoms with Crippen molar-refractivity contribution in [3.05, 3.63) is 477 Å². The molecule has 7 aromatic heterocycles. The van der Waals surface area contributed by atoms with E-state index in [1.54, 1.807) is 37.1 Å². The fourth-order valence-electron chi connectivity index (χ4n) is 13.0. The molecule has 0 spiro atoms. The molecule has 0 aliphatic carbocycles. The summed E-state index contributed by atoms with van der Waals surface area (Å²) in [7, 11) is 0. The number of halogens is 4. The van der Waals surface area contributed by atoms with Gasteiger partial charge in [-0.15, -0.1) is 0 Å². The van der Waals surface area contributed by atoms with Gasteiger partial charge in [-0.25, -0.2) is 37.5 Å². The van der Waals surface area contributed by atoms with Gasteiger partial charge in [0.25, 0.3) is 0 Å². The number of aromatic nitrogens is 9. The molecule has 0 amide bonds. The molecule has 0 N–H and O–H groups in total. The molecule has 20 rings (SSSR count). The third-order valence-electron chi connectivity index (χ3n) is 19.0. The van der Waals surface area contributed by atoms with Crippen molar-refractivity contribution < 1.29 is 17.6 Å². The summed E-state index contributed by atoms with van der Waals surface area (Å²) in [6, 6.07) is 124. The number of hydrogen-bond donors (Lipinski definition) is 0. The van der Waals surface area contributed by atoms with E-state index in [0.717, 1.165) is 95.9 Å². The van der Waals surface area contributed by atoms with Gasteiger partial charge in [0, 0.05) is 109 Å². The summed E-state index contributed by atoms with van der Waals surface area (Å²) in [6.45, 7) is 8.16. The molecule has 0 atom stereocenters. The molecular weight excluding hydrogens is 1490 g/mol. The molecule has 120 heavy (non-hydrogen) atoms. The molecule has 13 aromatic carbocycles. The molecule has 0 fully saturated rings. The van der Waals surface area contributed by atoms with Crippen LogP contribution in [0, 0.1) is 51.0 Å². The Kier molecular flexibility index (Phi) is 29.0. The Morgan fingerprint density at radius 1 is 0.192 bits per heavy atom. The molecule has 13 heteroatoms. The van der Waals surface area contributed by atoms with Gasteiger partial charge in [-0.3, -0.25) is 24.9 Å². The third kappa shape index (κ3) is 23.0. The SMILES string of the molecule is Cc1ccc(-c2nccc3ccccc23)cc1.Cc1ccc(-c2ncnc3ccccc23)cc1.Cc1ccnc(-c2ccc(F)cc2F)c1.Cc1ccnc(-c2ccccc2)c1.Fc1ccc(-c2ccccc2)c(F)c1.c1ccc(-c2ccccn2)cc1.c1ccc(-c2nccc3ccccc23)cc1.c1ccc(-c2ncnc3ccccc23)cc1. The fraction of sp³-hybridized carbons (Fsp3) is 0.0374. The van der Waals surface area contributed by atoms with Crippen molar-refractivity contribution in [3.8, 4) is 89.9 Å². The zero-order chi connectivity index (χ0) is 83.0. The first-order valence-electron chi connectivity index (χ1n) is 39.0. The van der Waals surface area contributed by atoms with E-state index in [1.807, 2.05) is 202 Å². The number of benzene rings is 13. The number of rotatable bonds is 8. The number of aryl methyl sites for hydroxylation is 4. The minimum absolute atomic E-state index is 0.320. The quantitative estimate of drug-likeness (QED) is 0.137. The molecule has 0 saturated carbocycles. The summed E-state index contributed by atoms with van der Waals surface area (Å²) < 4.78 is 52.0. The Labute approximate surface area is 696 Å². The van der Waals surface area contributed by atoms with E-state index in [4.69, 9.17) is 0 Å². The first-order valence-corrected chi connectivity index (χ1v) is 39.0. The second-order valence-corrected chi connectivity index (χ2v) is 27.7. The Balaban J connectivity index is 0.000000119. The molecule has 0 saturated heterocycles. The largest absolute Gasteiger partial charge is 0.256 e. The van der Waals surface area contributed by atoms with Crippen molar-refractivity contribution >= 4 is 43.4 Å². The van der Waals surface area contributed by atoms with E-state index in [2.05, 4.69) is 229 Å². The van der Waals surface area contributed by atoms with E-state index in [1.165, 1.54) is 79.2 Å². The molecule has 0 aliphatic heterocycles. The van der Waals surface area contributed by atoms with Crippen LogP contribution in [-0.4, -0.2) is 44.9 Å². The van der Waals surface area contributed by atoms with Gasteiger partial charge >= 0.3 is 0 Å². The van der Waals surface area contributed by atoms with Crippen molar-refractivity contribution in [2.24, 2.45) is 0 Å². The monoisotopic (exact) mass is 1570 g/mol. The zero-order valence-electron chi connectivity index (χ0n) is 66.5. The maximum Gasteiger partial charge on any atom is 0.135 e. The highest BCUT2D eigenvalue weighted by atomic mass is 19.1. The van der Waals surface area contributed by atoms with Gasteiger partial charge in [0.15, 0.2) is 0 Å². The topological polar surface area (TPSA) is 116 Å². The third-order valence-corrected chi connectivity index (χ3v) is 19.0. The van der Waals surface area contributed by atoms with E-state index >= 15 is 0 Å². The molecule has 0 aliphatic rings. The minimum atomic E-state index is -0.590. The molecule has 20 aromatic rings. The van der Waals surface area contributed by atoms with Crippen LogP contribution in [0.1, 0.15) is 22.3 Å².